The van der Waals surface area contributed by atoms with Crippen LogP contribution in [0.2, 0.25) is 0 Å². The molecule has 2 aromatic carbocycles. The van der Waals surface area contributed by atoms with Gasteiger partial charge in [0, 0.05) is 24.7 Å². The van der Waals surface area contributed by atoms with Gasteiger partial charge in [-0.3, -0.25) is 9.59 Å². The molecule has 0 aliphatic carbocycles. The minimum Gasteiger partial charge on any atom is -0.374 e. The largest absolute Gasteiger partial charge is 0.374 e. The van der Waals surface area contributed by atoms with E-state index in [1.807, 2.05) is 12.1 Å². The number of halogens is 2. The number of benzene rings is 2. The van der Waals surface area contributed by atoms with Crippen molar-refractivity contribution < 1.29 is 18.4 Å². The molecule has 0 spiro atoms. The zero-order valence-corrected chi connectivity index (χ0v) is 13.4. The molecule has 0 saturated carbocycles. The molecular weight excluding hydrogens is 328 g/mol. The number of amides is 2. The van der Waals surface area contributed by atoms with Gasteiger partial charge < -0.3 is 15.5 Å². The Bertz CT molecular complexity index is 790. The number of hydrogen-bond donors (Lipinski definition) is 2. The number of rotatable bonds is 5. The highest BCUT2D eigenvalue weighted by Gasteiger charge is 2.23. The van der Waals surface area contributed by atoms with Crippen LogP contribution < -0.4 is 15.5 Å². The molecule has 1 aliphatic rings. The molecule has 25 heavy (non-hydrogen) atoms. The minimum absolute atomic E-state index is 0.0484. The third kappa shape index (κ3) is 4.12. The number of nitrogens with zero attached hydrogens (tertiary/aromatic N) is 1. The van der Waals surface area contributed by atoms with Crippen molar-refractivity contribution in [2.24, 2.45) is 0 Å². The molecule has 1 fully saturated rings. The topological polar surface area (TPSA) is 61.4 Å². The van der Waals surface area contributed by atoms with Crippen LogP contribution in [0.1, 0.15) is 12.8 Å². The van der Waals surface area contributed by atoms with E-state index in [2.05, 4.69) is 10.6 Å². The zero-order valence-electron chi connectivity index (χ0n) is 13.4. The molecule has 5 nitrogen and oxygen atoms in total. The van der Waals surface area contributed by atoms with Crippen molar-refractivity contribution in [1.82, 2.24) is 0 Å². The number of nitrogens with one attached hydrogen (secondary N) is 2. The lowest BCUT2D eigenvalue weighted by molar-refractivity contribution is -0.117. The van der Waals surface area contributed by atoms with Crippen LogP contribution in [0.4, 0.5) is 25.8 Å². The first kappa shape index (κ1) is 16.9. The summed E-state index contributed by atoms with van der Waals surface area (Å²) in [6.07, 6.45) is 1.32. The zero-order chi connectivity index (χ0) is 17.8. The molecule has 0 unspecified atom stereocenters. The molecule has 0 atom stereocenters. The Labute approximate surface area is 143 Å². The average molecular weight is 345 g/mol. The second kappa shape index (κ2) is 7.29. The van der Waals surface area contributed by atoms with Gasteiger partial charge in [-0.25, -0.2) is 8.78 Å². The fraction of sp³-hybridized carbons (Fsp3) is 0.222. The van der Waals surface area contributed by atoms with E-state index >= 15 is 0 Å². The summed E-state index contributed by atoms with van der Waals surface area (Å²) in [5, 5.41) is 5.40. The van der Waals surface area contributed by atoms with Crippen LogP contribution in [0.5, 0.6) is 0 Å². The molecule has 1 saturated heterocycles. The third-order valence-corrected chi connectivity index (χ3v) is 3.85. The lowest BCUT2D eigenvalue weighted by atomic mass is 10.2. The van der Waals surface area contributed by atoms with Gasteiger partial charge in [-0.1, -0.05) is 12.1 Å². The summed E-state index contributed by atoms with van der Waals surface area (Å²) in [6.45, 7) is 0.545. The maximum atomic E-state index is 13.1. The highest BCUT2D eigenvalue weighted by atomic mass is 19.1. The van der Waals surface area contributed by atoms with E-state index in [1.54, 1.807) is 17.0 Å². The molecule has 1 heterocycles. The fourth-order valence-electron chi connectivity index (χ4n) is 2.77. The van der Waals surface area contributed by atoms with Gasteiger partial charge in [0.1, 0.15) is 11.6 Å². The SMILES string of the molecule is O=C(CNc1ccccc1N1CCCC1=O)Nc1cc(F)cc(F)c1. The molecule has 0 bridgehead atoms. The van der Waals surface area contributed by atoms with Crippen LogP contribution in [0, 0.1) is 11.6 Å². The van der Waals surface area contributed by atoms with Gasteiger partial charge in [-0.05, 0) is 30.7 Å². The van der Waals surface area contributed by atoms with E-state index < -0.39 is 17.5 Å². The molecular formula is C18H17F2N3O2. The van der Waals surface area contributed by atoms with E-state index in [0.29, 0.717) is 18.7 Å². The Morgan fingerprint density at radius 3 is 2.52 bits per heavy atom. The van der Waals surface area contributed by atoms with Crippen LogP contribution in [0.25, 0.3) is 0 Å². The van der Waals surface area contributed by atoms with Crippen molar-refractivity contribution in [3.63, 3.8) is 0 Å². The molecule has 3 rings (SSSR count). The average Bonchev–Trinajstić information content (AvgIpc) is 2.98. The standard InChI is InChI=1S/C18H17F2N3O2/c19-12-8-13(20)10-14(9-12)22-17(24)11-21-15-4-1-2-5-16(15)23-7-3-6-18(23)25/h1-2,4-5,8-10,21H,3,6-7,11H2,(H,22,24). The fourth-order valence-corrected chi connectivity index (χ4v) is 2.77. The number of carbonyl (C=O) groups is 2. The molecule has 130 valence electrons. The summed E-state index contributed by atoms with van der Waals surface area (Å²) >= 11 is 0. The van der Waals surface area contributed by atoms with Gasteiger partial charge in [0.2, 0.25) is 11.8 Å². The van der Waals surface area contributed by atoms with Gasteiger partial charge in [0.15, 0.2) is 0 Å². The highest BCUT2D eigenvalue weighted by Crippen LogP contribution is 2.29. The smallest absolute Gasteiger partial charge is 0.243 e. The highest BCUT2D eigenvalue weighted by molar-refractivity contribution is 5.99. The van der Waals surface area contributed by atoms with E-state index in [1.165, 1.54) is 0 Å². The third-order valence-electron chi connectivity index (χ3n) is 3.85. The summed E-state index contributed by atoms with van der Waals surface area (Å²) in [7, 11) is 0. The normalized spacial score (nSPS) is 13.8. The van der Waals surface area contributed by atoms with Gasteiger partial charge in [-0.15, -0.1) is 0 Å². The van der Waals surface area contributed by atoms with Crippen molar-refractivity contribution in [2.75, 3.05) is 28.6 Å². The summed E-state index contributed by atoms with van der Waals surface area (Å²) in [5.41, 5.74) is 1.42. The van der Waals surface area contributed by atoms with Gasteiger partial charge in [0.05, 0.1) is 17.9 Å². The maximum absolute atomic E-state index is 13.1. The predicted molar refractivity (Wildman–Crippen MR) is 91.5 cm³/mol. The Kier molecular flexibility index (Phi) is 4.92. The number of anilines is 3. The van der Waals surface area contributed by atoms with Crippen LogP contribution in [0.15, 0.2) is 42.5 Å². The Morgan fingerprint density at radius 2 is 1.84 bits per heavy atom. The summed E-state index contributed by atoms with van der Waals surface area (Å²) in [6, 6.07) is 10.0. The first-order valence-corrected chi connectivity index (χ1v) is 7.92. The summed E-state index contributed by atoms with van der Waals surface area (Å²) in [4.78, 5) is 25.6. The number of carbonyl (C=O) groups excluding carboxylic acids is 2. The van der Waals surface area contributed by atoms with Crippen LogP contribution in [-0.2, 0) is 9.59 Å². The first-order chi connectivity index (χ1) is 12.0. The summed E-state index contributed by atoms with van der Waals surface area (Å²) in [5.74, 6) is -1.93. The number of para-hydroxylation sites is 2. The van der Waals surface area contributed by atoms with Crippen molar-refractivity contribution in [2.45, 2.75) is 12.8 Å². The van der Waals surface area contributed by atoms with Crippen LogP contribution in [-0.4, -0.2) is 24.9 Å². The maximum Gasteiger partial charge on any atom is 0.243 e. The molecule has 2 N–H and O–H groups in total. The minimum atomic E-state index is -0.763. The molecule has 2 aromatic rings. The van der Waals surface area contributed by atoms with Crippen molar-refractivity contribution in [1.29, 1.82) is 0 Å². The Balaban J connectivity index is 1.65. The second-order valence-electron chi connectivity index (χ2n) is 5.73. The Hall–Kier alpha value is -2.96. The first-order valence-electron chi connectivity index (χ1n) is 7.92. The van der Waals surface area contributed by atoms with Crippen molar-refractivity contribution >= 4 is 28.9 Å². The van der Waals surface area contributed by atoms with Crippen LogP contribution >= 0.6 is 0 Å². The molecule has 0 radical (unpaired) electrons. The van der Waals surface area contributed by atoms with Crippen molar-refractivity contribution in [3.8, 4) is 0 Å². The molecule has 2 amide bonds. The second-order valence-corrected chi connectivity index (χ2v) is 5.73. The van der Waals surface area contributed by atoms with Gasteiger partial charge >= 0.3 is 0 Å². The van der Waals surface area contributed by atoms with E-state index in [-0.39, 0.29) is 18.1 Å². The molecule has 7 heteroatoms. The van der Waals surface area contributed by atoms with Gasteiger partial charge in [-0.2, -0.15) is 0 Å². The van der Waals surface area contributed by atoms with E-state index in [4.69, 9.17) is 0 Å². The van der Waals surface area contributed by atoms with Crippen molar-refractivity contribution in [3.05, 3.63) is 54.1 Å². The lowest BCUT2D eigenvalue weighted by Gasteiger charge is -2.20. The number of hydrogen-bond acceptors (Lipinski definition) is 3. The summed E-state index contributed by atoms with van der Waals surface area (Å²) < 4.78 is 26.3. The predicted octanol–water partition coefficient (Wildman–Crippen LogP) is 3.14. The molecule has 0 aromatic heterocycles. The van der Waals surface area contributed by atoms with E-state index in [0.717, 1.165) is 30.3 Å². The van der Waals surface area contributed by atoms with Gasteiger partial charge in [0.25, 0.3) is 0 Å². The Morgan fingerprint density at radius 1 is 1.12 bits per heavy atom. The monoisotopic (exact) mass is 345 g/mol. The quantitative estimate of drug-likeness (QED) is 0.875. The van der Waals surface area contributed by atoms with E-state index in [9.17, 15) is 18.4 Å². The van der Waals surface area contributed by atoms with Crippen LogP contribution in [0.3, 0.4) is 0 Å². The lowest BCUT2D eigenvalue weighted by Crippen LogP contribution is -2.26. The molecule has 1 aliphatic heterocycles.